The molecular weight excluding hydrogens is 562 g/mol. The number of nitrogens with one attached hydrogen (secondary N) is 1. The fourth-order valence-electron chi connectivity index (χ4n) is 5.48. The standard InChI is InChI=1S/C27H32F6N4O2.ClH/c1-17(38)13-20(9-12-36-11-4-10-26(29,30)16-36)34-25(39)22-15-37(24(35-22)18-7-8-19(28)14-18)23-6-3-2-5-21(23)27(31,32)33;/h2-3,5-6,15,18-20H,4,7-14,16H2,1H3,(H,34,39);1H/t18?,19?,20-;/m0./s1. The van der Waals surface area contributed by atoms with Crippen LogP contribution in [-0.4, -0.2) is 63.9 Å². The van der Waals surface area contributed by atoms with Crippen LogP contribution in [0.25, 0.3) is 5.69 Å². The number of likely N-dealkylation sites (tertiary alicyclic amines) is 1. The van der Waals surface area contributed by atoms with Gasteiger partial charge in [0, 0.05) is 37.5 Å². The van der Waals surface area contributed by atoms with Gasteiger partial charge in [-0.15, -0.1) is 12.4 Å². The van der Waals surface area contributed by atoms with E-state index in [0.717, 1.165) is 6.07 Å². The number of amides is 1. The SMILES string of the molecule is CC(=O)C[C@H](CCN1CCCC(F)(F)C1)NC(=O)c1cn(-c2ccccc2C(F)(F)F)c(C2CCC(F)C2)n1.Cl. The average Bonchev–Trinajstić information content (AvgIpc) is 3.47. The van der Waals surface area contributed by atoms with Gasteiger partial charge in [-0.3, -0.25) is 14.5 Å². The van der Waals surface area contributed by atoms with E-state index in [1.165, 1.54) is 35.9 Å². The van der Waals surface area contributed by atoms with Crippen LogP contribution in [0.4, 0.5) is 26.3 Å². The largest absolute Gasteiger partial charge is 0.418 e. The zero-order valence-electron chi connectivity index (χ0n) is 22.0. The van der Waals surface area contributed by atoms with Crippen LogP contribution >= 0.6 is 12.4 Å². The number of nitrogens with zero attached hydrogens (tertiary/aromatic N) is 3. The Morgan fingerprint density at radius 2 is 1.93 bits per heavy atom. The number of rotatable bonds is 9. The van der Waals surface area contributed by atoms with E-state index in [1.807, 2.05) is 0 Å². The minimum Gasteiger partial charge on any atom is -0.347 e. The lowest BCUT2D eigenvalue weighted by Crippen LogP contribution is -2.45. The summed E-state index contributed by atoms with van der Waals surface area (Å²) in [4.78, 5) is 31.0. The van der Waals surface area contributed by atoms with Crippen molar-refractivity contribution in [3.05, 3.63) is 47.5 Å². The van der Waals surface area contributed by atoms with E-state index in [-0.39, 0.29) is 74.0 Å². The molecule has 2 aliphatic rings. The summed E-state index contributed by atoms with van der Waals surface area (Å²) in [5.41, 5.74) is -1.30. The van der Waals surface area contributed by atoms with Gasteiger partial charge in [-0.25, -0.2) is 18.2 Å². The van der Waals surface area contributed by atoms with Crippen molar-refractivity contribution in [3.63, 3.8) is 0 Å². The molecule has 1 aromatic heterocycles. The number of benzene rings is 1. The van der Waals surface area contributed by atoms with E-state index >= 15 is 0 Å². The normalized spacial score (nSPS) is 22.0. The molecule has 222 valence electrons. The molecule has 0 bridgehead atoms. The van der Waals surface area contributed by atoms with Gasteiger partial charge in [0.1, 0.15) is 23.5 Å². The number of carbonyl (C=O) groups is 2. The zero-order valence-corrected chi connectivity index (χ0v) is 22.8. The van der Waals surface area contributed by atoms with Crippen molar-refractivity contribution >= 4 is 24.1 Å². The van der Waals surface area contributed by atoms with Gasteiger partial charge in [-0.2, -0.15) is 13.2 Å². The summed E-state index contributed by atoms with van der Waals surface area (Å²) in [7, 11) is 0. The Hall–Kier alpha value is -2.60. The first kappa shape index (κ1) is 31.9. The third-order valence-electron chi connectivity index (χ3n) is 7.30. The maximum absolute atomic E-state index is 14.0. The second-order valence-electron chi connectivity index (χ2n) is 10.6. The second kappa shape index (κ2) is 12.9. The number of ketones is 1. The van der Waals surface area contributed by atoms with E-state index in [9.17, 15) is 35.9 Å². The molecule has 1 aliphatic carbocycles. The van der Waals surface area contributed by atoms with E-state index in [4.69, 9.17) is 0 Å². The van der Waals surface area contributed by atoms with Gasteiger partial charge in [0.05, 0.1) is 17.8 Å². The summed E-state index contributed by atoms with van der Waals surface area (Å²) in [5, 5.41) is 2.72. The Kier molecular flexibility index (Phi) is 10.3. The first-order valence-corrected chi connectivity index (χ1v) is 13.1. The van der Waals surface area contributed by atoms with Gasteiger partial charge in [-0.1, -0.05) is 12.1 Å². The Morgan fingerprint density at radius 1 is 1.20 bits per heavy atom. The summed E-state index contributed by atoms with van der Waals surface area (Å²) in [6, 6.07) is 4.22. The maximum atomic E-state index is 14.0. The van der Waals surface area contributed by atoms with Crippen molar-refractivity contribution in [2.75, 3.05) is 19.6 Å². The minimum atomic E-state index is -4.67. The highest BCUT2D eigenvalue weighted by Crippen LogP contribution is 2.39. The highest BCUT2D eigenvalue weighted by atomic mass is 35.5. The number of piperidine rings is 1. The number of alkyl halides is 6. The molecule has 3 atom stereocenters. The van der Waals surface area contributed by atoms with Gasteiger partial charge < -0.3 is 9.88 Å². The molecule has 2 unspecified atom stereocenters. The molecule has 0 radical (unpaired) electrons. The Morgan fingerprint density at radius 3 is 2.55 bits per heavy atom. The molecule has 1 N–H and O–H groups in total. The summed E-state index contributed by atoms with van der Waals surface area (Å²) in [6.07, 6.45) is -3.51. The molecule has 1 saturated heterocycles. The lowest BCUT2D eigenvalue weighted by molar-refractivity contribution is -0.137. The zero-order chi connectivity index (χ0) is 28.4. The number of aromatic nitrogens is 2. The highest BCUT2D eigenvalue weighted by molar-refractivity contribution is 5.93. The van der Waals surface area contributed by atoms with Crippen molar-refractivity contribution in [1.29, 1.82) is 0 Å². The highest BCUT2D eigenvalue weighted by Gasteiger charge is 2.37. The topological polar surface area (TPSA) is 67.2 Å². The maximum Gasteiger partial charge on any atom is 0.418 e. The lowest BCUT2D eigenvalue weighted by atomic mass is 10.0. The molecule has 1 amide bonds. The number of carbonyl (C=O) groups excluding carboxylic acids is 2. The third-order valence-corrected chi connectivity index (χ3v) is 7.30. The van der Waals surface area contributed by atoms with Crippen LogP contribution in [0.2, 0.25) is 0 Å². The molecule has 13 heteroatoms. The number of halogens is 7. The third kappa shape index (κ3) is 7.99. The molecular formula is C27H33ClF6N4O2. The second-order valence-corrected chi connectivity index (χ2v) is 10.6. The molecule has 1 aliphatic heterocycles. The van der Waals surface area contributed by atoms with Gasteiger partial charge in [0.2, 0.25) is 0 Å². The van der Waals surface area contributed by atoms with E-state index < -0.39 is 48.2 Å². The van der Waals surface area contributed by atoms with E-state index in [2.05, 4.69) is 10.3 Å². The fraction of sp³-hybridized carbons (Fsp3) is 0.593. The summed E-state index contributed by atoms with van der Waals surface area (Å²) in [5.74, 6) is -4.02. The molecule has 0 spiro atoms. The van der Waals surface area contributed by atoms with Crippen LogP contribution in [0.1, 0.15) is 79.7 Å². The molecule has 2 aromatic rings. The number of para-hydroxylation sites is 1. The molecule has 2 heterocycles. The smallest absolute Gasteiger partial charge is 0.347 e. The van der Waals surface area contributed by atoms with Crippen molar-refractivity contribution in [2.24, 2.45) is 0 Å². The quantitative estimate of drug-likeness (QED) is 0.356. The first-order chi connectivity index (χ1) is 18.3. The van der Waals surface area contributed by atoms with Crippen molar-refractivity contribution in [3.8, 4) is 5.69 Å². The molecule has 1 saturated carbocycles. The molecule has 2 fully saturated rings. The summed E-state index contributed by atoms with van der Waals surface area (Å²) < 4.78 is 84.2. The Balaban J connectivity index is 0.00000441. The van der Waals surface area contributed by atoms with Crippen LogP contribution in [0.15, 0.2) is 30.5 Å². The van der Waals surface area contributed by atoms with Crippen molar-refractivity contribution < 1.29 is 35.9 Å². The number of Topliss-reactive ketones (excluding diaryl/α,β-unsaturated/α-hetero) is 1. The average molecular weight is 595 g/mol. The predicted molar refractivity (Wildman–Crippen MR) is 139 cm³/mol. The Labute approximate surface area is 234 Å². The van der Waals surface area contributed by atoms with Crippen molar-refractivity contribution in [2.45, 2.75) is 82.1 Å². The first-order valence-electron chi connectivity index (χ1n) is 13.1. The van der Waals surface area contributed by atoms with Gasteiger partial charge in [0.15, 0.2) is 0 Å². The van der Waals surface area contributed by atoms with E-state index in [1.54, 1.807) is 4.90 Å². The molecule has 40 heavy (non-hydrogen) atoms. The monoisotopic (exact) mass is 594 g/mol. The number of hydrogen-bond donors (Lipinski definition) is 1. The summed E-state index contributed by atoms with van der Waals surface area (Å²) in [6.45, 7) is 1.69. The number of hydrogen-bond acceptors (Lipinski definition) is 4. The van der Waals surface area contributed by atoms with Crippen LogP contribution < -0.4 is 5.32 Å². The molecule has 6 nitrogen and oxygen atoms in total. The predicted octanol–water partition coefficient (Wildman–Crippen LogP) is 6.12. The molecule has 4 rings (SSSR count). The number of imidazole rings is 1. The van der Waals surface area contributed by atoms with Crippen LogP contribution in [0, 0.1) is 0 Å². The van der Waals surface area contributed by atoms with Crippen LogP contribution in [-0.2, 0) is 11.0 Å². The van der Waals surface area contributed by atoms with Gasteiger partial charge in [-0.05, 0) is 57.7 Å². The van der Waals surface area contributed by atoms with Gasteiger partial charge in [0.25, 0.3) is 11.8 Å². The molecule has 1 aromatic carbocycles. The van der Waals surface area contributed by atoms with Crippen LogP contribution in [0.3, 0.4) is 0 Å². The van der Waals surface area contributed by atoms with Crippen molar-refractivity contribution in [1.82, 2.24) is 19.8 Å². The lowest BCUT2D eigenvalue weighted by Gasteiger charge is -2.33. The van der Waals surface area contributed by atoms with Gasteiger partial charge >= 0.3 is 6.18 Å². The minimum absolute atomic E-state index is 0. The van der Waals surface area contributed by atoms with E-state index in [0.29, 0.717) is 19.4 Å². The fourth-order valence-corrected chi connectivity index (χ4v) is 5.48. The summed E-state index contributed by atoms with van der Waals surface area (Å²) >= 11 is 0. The Bertz CT molecular complexity index is 1190. The van der Waals surface area contributed by atoms with Crippen LogP contribution in [0.5, 0.6) is 0 Å².